The molecule has 6 heteroatoms. The number of benzene rings is 1. The van der Waals surface area contributed by atoms with Gasteiger partial charge in [0.25, 0.3) is 5.88 Å². The molecule has 1 heterocycles. The van der Waals surface area contributed by atoms with Gasteiger partial charge in [0, 0.05) is 5.56 Å². The third kappa shape index (κ3) is 2.10. The van der Waals surface area contributed by atoms with Gasteiger partial charge in [0.05, 0.1) is 7.11 Å². The molecular formula is C11H8FNO4. The molecular weight excluding hydrogens is 229 g/mol. The number of nitrogens with zero attached hydrogens (tertiary/aromatic N) is 1. The molecule has 0 aliphatic rings. The molecule has 0 saturated heterocycles. The molecule has 5 nitrogen and oxygen atoms in total. The van der Waals surface area contributed by atoms with Gasteiger partial charge in [0.2, 0.25) is 0 Å². The second-order valence-electron chi connectivity index (χ2n) is 3.17. The van der Waals surface area contributed by atoms with E-state index >= 15 is 0 Å². The Labute approximate surface area is 95.5 Å². The van der Waals surface area contributed by atoms with Crippen LogP contribution in [0.2, 0.25) is 0 Å². The van der Waals surface area contributed by atoms with Crippen LogP contribution in [0.15, 0.2) is 28.7 Å². The van der Waals surface area contributed by atoms with E-state index in [4.69, 9.17) is 14.3 Å². The molecule has 0 bridgehead atoms. The number of halogens is 1. The topological polar surface area (TPSA) is 72.6 Å². The summed E-state index contributed by atoms with van der Waals surface area (Å²) in [5.74, 6) is -1.96. The fourth-order valence-corrected chi connectivity index (χ4v) is 1.32. The fourth-order valence-electron chi connectivity index (χ4n) is 1.32. The summed E-state index contributed by atoms with van der Waals surface area (Å²) in [7, 11) is 1.34. The van der Waals surface area contributed by atoms with Crippen molar-refractivity contribution < 1.29 is 23.4 Å². The van der Waals surface area contributed by atoms with Crippen LogP contribution in [0.1, 0.15) is 10.7 Å². The first kappa shape index (κ1) is 11.1. The van der Waals surface area contributed by atoms with E-state index in [2.05, 4.69) is 4.98 Å². The van der Waals surface area contributed by atoms with E-state index in [1.54, 1.807) is 0 Å². The molecule has 0 atom stereocenters. The number of carbonyl (C=O) groups is 1. The SMILES string of the molecule is COc1nc(C(=O)O)oc1-c1ccc(F)cc1. The summed E-state index contributed by atoms with van der Waals surface area (Å²) >= 11 is 0. The van der Waals surface area contributed by atoms with Gasteiger partial charge in [-0.25, -0.2) is 9.18 Å². The molecule has 1 aromatic heterocycles. The van der Waals surface area contributed by atoms with E-state index in [1.165, 1.54) is 31.4 Å². The zero-order chi connectivity index (χ0) is 12.4. The normalized spacial score (nSPS) is 10.2. The van der Waals surface area contributed by atoms with Crippen molar-refractivity contribution in [3.63, 3.8) is 0 Å². The van der Waals surface area contributed by atoms with Crippen molar-refractivity contribution in [2.75, 3.05) is 7.11 Å². The molecule has 1 aromatic carbocycles. The fraction of sp³-hybridized carbons (Fsp3) is 0.0909. The highest BCUT2D eigenvalue weighted by Gasteiger charge is 2.19. The van der Waals surface area contributed by atoms with Crippen LogP contribution in [-0.4, -0.2) is 23.2 Å². The first-order valence-corrected chi connectivity index (χ1v) is 4.66. The number of ether oxygens (including phenoxy) is 1. The van der Waals surface area contributed by atoms with Crippen molar-refractivity contribution in [2.45, 2.75) is 0 Å². The van der Waals surface area contributed by atoms with Gasteiger partial charge in [0.15, 0.2) is 5.76 Å². The second kappa shape index (κ2) is 4.25. The number of hydrogen-bond donors (Lipinski definition) is 1. The molecule has 0 aliphatic heterocycles. The van der Waals surface area contributed by atoms with E-state index in [0.717, 1.165) is 0 Å². The molecule has 2 rings (SSSR count). The van der Waals surface area contributed by atoms with Gasteiger partial charge in [-0.05, 0) is 24.3 Å². The molecule has 0 spiro atoms. The van der Waals surface area contributed by atoms with Crippen LogP contribution in [0.25, 0.3) is 11.3 Å². The summed E-state index contributed by atoms with van der Waals surface area (Å²) in [4.78, 5) is 14.3. The number of aromatic nitrogens is 1. The summed E-state index contributed by atoms with van der Waals surface area (Å²) in [5, 5.41) is 8.74. The van der Waals surface area contributed by atoms with Crippen LogP contribution in [0.4, 0.5) is 4.39 Å². The molecule has 2 aromatic rings. The lowest BCUT2D eigenvalue weighted by molar-refractivity contribution is 0.0654. The summed E-state index contributed by atoms with van der Waals surface area (Å²) in [6, 6.07) is 5.36. The Hall–Kier alpha value is -2.37. The average molecular weight is 237 g/mol. The minimum Gasteiger partial charge on any atom is -0.478 e. The number of hydrogen-bond acceptors (Lipinski definition) is 4. The van der Waals surface area contributed by atoms with E-state index in [9.17, 15) is 9.18 Å². The van der Waals surface area contributed by atoms with Crippen molar-refractivity contribution >= 4 is 5.97 Å². The number of carboxylic acids is 1. The molecule has 0 unspecified atom stereocenters. The molecule has 0 amide bonds. The summed E-state index contributed by atoms with van der Waals surface area (Å²) in [6.07, 6.45) is 0. The van der Waals surface area contributed by atoms with E-state index in [1.807, 2.05) is 0 Å². The predicted octanol–water partition coefficient (Wildman–Crippen LogP) is 2.19. The lowest BCUT2D eigenvalue weighted by Crippen LogP contribution is -1.95. The molecule has 17 heavy (non-hydrogen) atoms. The Morgan fingerprint density at radius 1 is 1.41 bits per heavy atom. The maximum atomic E-state index is 12.7. The average Bonchev–Trinajstić information content (AvgIpc) is 2.74. The van der Waals surface area contributed by atoms with Crippen LogP contribution in [-0.2, 0) is 0 Å². The van der Waals surface area contributed by atoms with Crippen molar-refractivity contribution in [3.05, 3.63) is 36.0 Å². The Balaban J connectivity index is 2.50. The highest BCUT2D eigenvalue weighted by Crippen LogP contribution is 2.30. The van der Waals surface area contributed by atoms with Crippen LogP contribution < -0.4 is 4.74 Å². The minimum atomic E-state index is -1.29. The monoisotopic (exact) mass is 237 g/mol. The summed E-state index contributed by atoms with van der Waals surface area (Å²) in [6.45, 7) is 0. The standard InChI is InChI=1S/C11H8FNO4/c1-16-9-8(17-10(13-9)11(14)15)6-2-4-7(12)5-3-6/h2-5H,1H3,(H,14,15). The highest BCUT2D eigenvalue weighted by atomic mass is 19.1. The maximum absolute atomic E-state index is 12.7. The third-order valence-corrected chi connectivity index (χ3v) is 2.08. The summed E-state index contributed by atoms with van der Waals surface area (Å²) in [5.41, 5.74) is 0.489. The van der Waals surface area contributed by atoms with Crippen molar-refractivity contribution in [1.29, 1.82) is 0 Å². The van der Waals surface area contributed by atoms with Gasteiger partial charge in [-0.3, -0.25) is 0 Å². The van der Waals surface area contributed by atoms with E-state index < -0.39 is 17.7 Å². The van der Waals surface area contributed by atoms with Crippen LogP contribution in [0.5, 0.6) is 5.88 Å². The van der Waals surface area contributed by atoms with Gasteiger partial charge in [-0.2, -0.15) is 4.98 Å². The van der Waals surface area contributed by atoms with Gasteiger partial charge >= 0.3 is 11.9 Å². The van der Waals surface area contributed by atoms with Crippen LogP contribution >= 0.6 is 0 Å². The van der Waals surface area contributed by atoms with Gasteiger partial charge in [-0.1, -0.05) is 0 Å². The molecule has 0 fully saturated rings. The number of carboxylic acid groups (broad SMARTS) is 1. The van der Waals surface area contributed by atoms with Crippen LogP contribution in [0, 0.1) is 5.82 Å². The molecule has 0 saturated carbocycles. The lowest BCUT2D eigenvalue weighted by Gasteiger charge is -1.98. The Morgan fingerprint density at radius 3 is 2.59 bits per heavy atom. The molecule has 0 aliphatic carbocycles. The van der Waals surface area contributed by atoms with Crippen molar-refractivity contribution in [1.82, 2.24) is 4.98 Å². The third-order valence-electron chi connectivity index (χ3n) is 2.08. The highest BCUT2D eigenvalue weighted by molar-refractivity contribution is 5.83. The first-order valence-electron chi connectivity index (χ1n) is 4.66. The number of rotatable bonds is 3. The number of methoxy groups -OCH3 is 1. The predicted molar refractivity (Wildman–Crippen MR) is 55.4 cm³/mol. The smallest absolute Gasteiger partial charge is 0.392 e. The molecule has 0 radical (unpaired) electrons. The number of oxazole rings is 1. The van der Waals surface area contributed by atoms with Crippen molar-refractivity contribution in [3.8, 4) is 17.2 Å². The Bertz CT molecular complexity index is 547. The Morgan fingerprint density at radius 2 is 2.06 bits per heavy atom. The quantitative estimate of drug-likeness (QED) is 0.885. The van der Waals surface area contributed by atoms with Crippen LogP contribution in [0.3, 0.4) is 0 Å². The van der Waals surface area contributed by atoms with E-state index in [0.29, 0.717) is 5.56 Å². The zero-order valence-corrected chi connectivity index (χ0v) is 8.81. The largest absolute Gasteiger partial charge is 0.478 e. The molecule has 88 valence electrons. The second-order valence-corrected chi connectivity index (χ2v) is 3.17. The maximum Gasteiger partial charge on any atom is 0.392 e. The lowest BCUT2D eigenvalue weighted by atomic mass is 10.2. The van der Waals surface area contributed by atoms with E-state index in [-0.39, 0.29) is 11.6 Å². The Kier molecular flexibility index (Phi) is 2.78. The first-order chi connectivity index (χ1) is 8.11. The van der Waals surface area contributed by atoms with Gasteiger partial charge in [-0.15, -0.1) is 0 Å². The molecule has 1 N–H and O–H groups in total. The number of aromatic carboxylic acids is 1. The van der Waals surface area contributed by atoms with Gasteiger partial charge < -0.3 is 14.3 Å². The zero-order valence-electron chi connectivity index (χ0n) is 8.81. The minimum absolute atomic E-state index is 0.0500. The van der Waals surface area contributed by atoms with Gasteiger partial charge in [0.1, 0.15) is 5.82 Å². The van der Waals surface area contributed by atoms with Crippen molar-refractivity contribution in [2.24, 2.45) is 0 Å². The summed E-state index contributed by atoms with van der Waals surface area (Å²) < 4.78 is 22.7.